The van der Waals surface area contributed by atoms with Crippen LogP contribution in [0.2, 0.25) is 0 Å². The molecular formula is C5H10O4S. The molecule has 0 rings (SSSR count). The van der Waals surface area contributed by atoms with Gasteiger partial charge in [0.25, 0.3) is 0 Å². The van der Waals surface area contributed by atoms with Crippen LogP contribution in [0.15, 0.2) is 12.7 Å². The lowest BCUT2D eigenvalue weighted by atomic mass is 10.7. The van der Waals surface area contributed by atoms with Crippen LogP contribution in [0.1, 0.15) is 0 Å². The maximum absolute atomic E-state index is 9.25. The van der Waals surface area contributed by atoms with Crippen molar-refractivity contribution in [2.24, 2.45) is 0 Å². The van der Waals surface area contributed by atoms with Crippen molar-refractivity contribution < 1.29 is 20.1 Å². The van der Waals surface area contributed by atoms with Gasteiger partial charge in [-0.15, -0.1) is 12.6 Å². The zero-order chi connectivity index (χ0) is 8.57. The SMILES string of the molecule is C=CC(=O)O.OCC(O)S. The summed E-state index contributed by atoms with van der Waals surface area (Å²) in [4.78, 5) is 9.25. The number of aliphatic carboxylic acids is 1. The van der Waals surface area contributed by atoms with Gasteiger partial charge in [-0.25, -0.2) is 4.79 Å². The summed E-state index contributed by atoms with van der Waals surface area (Å²) in [5.41, 5.74) is -0.866. The van der Waals surface area contributed by atoms with E-state index >= 15 is 0 Å². The third-order valence-corrected chi connectivity index (χ3v) is 0.501. The molecule has 10 heavy (non-hydrogen) atoms. The highest BCUT2D eigenvalue weighted by molar-refractivity contribution is 7.80. The maximum Gasteiger partial charge on any atom is 0.327 e. The average molecular weight is 166 g/mol. The second-order valence-electron chi connectivity index (χ2n) is 1.21. The van der Waals surface area contributed by atoms with Crippen LogP contribution in [0.25, 0.3) is 0 Å². The molecule has 4 nitrogen and oxygen atoms in total. The highest BCUT2D eigenvalue weighted by Crippen LogP contribution is 1.80. The van der Waals surface area contributed by atoms with E-state index in [1.165, 1.54) is 0 Å². The number of hydrogen-bond donors (Lipinski definition) is 4. The summed E-state index contributed by atoms with van der Waals surface area (Å²) in [5.74, 6) is -0.981. The maximum atomic E-state index is 9.25. The summed E-state index contributed by atoms with van der Waals surface area (Å²) in [7, 11) is 0. The fourth-order valence-corrected chi connectivity index (χ4v) is 0. The van der Waals surface area contributed by atoms with E-state index in [9.17, 15) is 4.79 Å². The van der Waals surface area contributed by atoms with Gasteiger partial charge in [-0.05, 0) is 0 Å². The number of aliphatic hydroxyl groups is 2. The first-order chi connectivity index (χ1) is 4.54. The van der Waals surface area contributed by atoms with E-state index in [0.29, 0.717) is 0 Å². The Morgan fingerprint density at radius 3 is 2.00 bits per heavy atom. The van der Waals surface area contributed by atoms with Crippen molar-refractivity contribution in [3.8, 4) is 0 Å². The monoisotopic (exact) mass is 166 g/mol. The number of carbonyl (C=O) groups is 1. The average Bonchev–Trinajstić information content (AvgIpc) is 1.89. The molecule has 0 bridgehead atoms. The van der Waals surface area contributed by atoms with Crippen molar-refractivity contribution in [1.82, 2.24) is 0 Å². The highest BCUT2D eigenvalue weighted by Gasteiger charge is 1.84. The normalized spacial score (nSPS) is 10.7. The van der Waals surface area contributed by atoms with Gasteiger partial charge in [0.2, 0.25) is 0 Å². The summed E-state index contributed by atoms with van der Waals surface area (Å²) in [6.45, 7) is 2.69. The topological polar surface area (TPSA) is 77.8 Å². The van der Waals surface area contributed by atoms with Crippen LogP contribution in [0.3, 0.4) is 0 Å². The molecule has 0 aliphatic heterocycles. The van der Waals surface area contributed by atoms with E-state index in [0.717, 1.165) is 6.08 Å². The van der Waals surface area contributed by atoms with Crippen molar-refractivity contribution in [3.63, 3.8) is 0 Å². The molecule has 5 heteroatoms. The van der Waals surface area contributed by atoms with Gasteiger partial charge in [0.1, 0.15) is 5.44 Å². The standard InChI is InChI=1S/C3H4O2.C2H6O2S/c1-2-3(4)5;3-1-2(4)5/h2H,1H2,(H,4,5);2-5H,1H2. The second kappa shape index (κ2) is 8.48. The Labute approximate surface area is 64.2 Å². The van der Waals surface area contributed by atoms with Crippen LogP contribution in [-0.4, -0.2) is 33.3 Å². The van der Waals surface area contributed by atoms with Crippen LogP contribution < -0.4 is 0 Å². The van der Waals surface area contributed by atoms with Crippen molar-refractivity contribution in [2.75, 3.05) is 6.61 Å². The molecule has 60 valence electrons. The summed E-state index contributed by atoms with van der Waals surface area (Å²) in [6, 6.07) is 0. The highest BCUT2D eigenvalue weighted by atomic mass is 32.1. The third-order valence-electron chi connectivity index (χ3n) is 0.338. The van der Waals surface area contributed by atoms with Crippen LogP contribution in [0, 0.1) is 0 Å². The number of thiol groups is 1. The molecule has 0 spiro atoms. The third kappa shape index (κ3) is 25.9. The fourth-order valence-electron chi connectivity index (χ4n) is 0. The molecule has 3 N–H and O–H groups in total. The predicted molar refractivity (Wildman–Crippen MR) is 39.9 cm³/mol. The van der Waals surface area contributed by atoms with E-state index in [2.05, 4.69) is 19.2 Å². The van der Waals surface area contributed by atoms with Gasteiger partial charge in [0.15, 0.2) is 0 Å². The fraction of sp³-hybridized carbons (Fsp3) is 0.400. The molecule has 0 radical (unpaired) electrons. The molecule has 0 heterocycles. The van der Waals surface area contributed by atoms with Crippen molar-refractivity contribution in [3.05, 3.63) is 12.7 Å². The van der Waals surface area contributed by atoms with Crippen molar-refractivity contribution in [2.45, 2.75) is 5.44 Å². The molecule has 0 amide bonds. The van der Waals surface area contributed by atoms with E-state index < -0.39 is 11.4 Å². The zero-order valence-corrected chi connectivity index (χ0v) is 6.16. The van der Waals surface area contributed by atoms with Crippen LogP contribution >= 0.6 is 12.6 Å². The Hall–Kier alpha value is -0.520. The zero-order valence-electron chi connectivity index (χ0n) is 5.27. The van der Waals surface area contributed by atoms with E-state index in [4.69, 9.17) is 15.3 Å². The van der Waals surface area contributed by atoms with Gasteiger partial charge in [-0.1, -0.05) is 6.58 Å². The Kier molecular flexibility index (Phi) is 10.3. The quantitative estimate of drug-likeness (QED) is 0.253. The predicted octanol–water partition coefficient (Wildman–Crippen LogP) is -0.516. The minimum absolute atomic E-state index is 0.275. The first-order valence-corrected chi connectivity index (χ1v) is 2.88. The van der Waals surface area contributed by atoms with E-state index in [1.807, 2.05) is 0 Å². The second-order valence-corrected chi connectivity index (χ2v) is 1.80. The van der Waals surface area contributed by atoms with Crippen LogP contribution in [-0.2, 0) is 4.79 Å². The first-order valence-electron chi connectivity index (χ1n) is 2.37. The molecule has 1 unspecified atom stereocenters. The van der Waals surface area contributed by atoms with Gasteiger partial charge in [0.05, 0.1) is 6.61 Å². The Balaban J connectivity index is 0. The molecule has 0 aliphatic rings. The first kappa shape index (κ1) is 12.2. The molecule has 1 atom stereocenters. The van der Waals surface area contributed by atoms with Gasteiger partial charge < -0.3 is 15.3 Å². The van der Waals surface area contributed by atoms with Gasteiger partial charge in [-0.2, -0.15) is 0 Å². The lowest BCUT2D eigenvalue weighted by Gasteiger charge is -1.89. The number of aliphatic hydroxyl groups excluding tert-OH is 2. The number of hydrogen-bond acceptors (Lipinski definition) is 4. The molecule has 0 fully saturated rings. The summed E-state index contributed by atoms with van der Waals surface area (Å²) in [5, 5.41) is 23.4. The lowest BCUT2D eigenvalue weighted by molar-refractivity contribution is -0.131. The van der Waals surface area contributed by atoms with Crippen LogP contribution in [0.4, 0.5) is 0 Å². The number of rotatable bonds is 2. The van der Waals surface area contributed by atoms with Gasteiger partial charge in [-0.3, -0.25) is 0 Å². The Morgan fingerprint density at radius 2 is 2.00 bits per heavy atom. The Morgan fingerprint density at radius 1 is 1.80 bits per heavy atom. The molecule has 0 aromatic rings. The number of carboxylic acids is 1. The molecule has 0 aromatic carbocycles. The number of carboxylic acid groups (broad SMARTS) is 1. The van der Waals surface area contributed by atoms with Crippen LogP contribution in [0.5, 0.6) is 0 Å². The van der Waals surface area contributed by atoms with Gasteiger partial charge in [0, 0.05) is 6.08 Å². The van der Waals surface area contributed by atoms with Crippen molar-refractivity contribution >= 4 is 18.6 Å². The molecule has 0 saturated heterocycles. The van der Waals surface area contributed by atoms with Gasteiger partial charge >= 0.3 is 5.97 Å². The minimum atomic E-state index is -0.981. The summed E-state index contributed by atoms with van der Waals surface area (Å²) in [6.07, 6.45) is 0.833. The Bertz CT molecular complexity index is 102. The molecule has 0 aliphatic carbocycles. The molecule has 0 aromatic heterocycles. The van der Waals surface area contributed by atoms with E-state index in [-0.39, 0.29) is 6.61 Å². The molecular weight excluding hydrogens is 156 g/mol. The lowest BCUT2D eigenvalue weighted by Crippen LogP contribution is -2.00. The summed E-state index contributed by atoms with van der Waals surface area (Å²) >= 11 is 3.40. The smallest absolute Gasteiger partial charge is 0.327 e. The minimum Gasteiger partial charge on any atom is -0.478 e. The van der Waals surface area contributed by atoms with E-state index in [1.54, 1.807) is 0 Å². The largest absolute Gasteiger partial charge is 0.478 e. The summed E-state index contributed by atoms with van der Waals surface area (Å²) < 4.78 is 0. The molecule has 0 saturated carbocycles. The van der Waals surface area contributed by atoms with Crippen molar-refractivity contribution in [1.29, 1.82) is 0 Å².